The summed E-state index contributed by atoms with van der Waals surface area (Å²) >= 11 is 0. The van der Waals surface area contributed by atoms with Gasteiger partial charge in [0, 0.05) is 6.42 Å². The van der Waals surface area contributed by atoms with Gasteiger partial charge in [-0.05, 0) is 24.6 Å². The molecule has 22 heavy (non-hydrogen) atoms. The van der Waals surface area contributed by atoms with E-state index in [0.29, 0.717) is 6.42 Å². The van der Waals surface area contributed by atoms with E-state index in [1.165, 1.54) is 7.11 Å². The zero-order valence-corrected chi connectivity index (χ0v) is 12.7. The molecular formula is C18H18N2O2. The standard InChI is InChI=1S/C18H18N2O2/c1-18(17(21)22-2)13-16(14-9-5-3-6-10-14)19-20(18)15-11-7-4-8-12-15/h3-12H,13H2,1-2H3. The molecule has 0 aromatic heterocycles. The van der Waals surface area contributed by atoms with E-state index >= 15 is 0 Å². The van der Waals surface area contributed by atoms with Crippen molar-refractivity contribution in [2.24, 2.45) is 5.10 Å². The van der Waals surface area contributed by atoms with Gasteiger partial charge in [-0.25, -0.2) is 9.80 Å². The fraction of sp³-hybridized carbons (Fsp3) is 0.222. The van der Waals surface area contributed by atoms with E-state index in [0.717, 1.165) is 17.0 Å². The molecule has 0 fully saturated rings. The number of para-hydroxylation sites is 1. The predicted molar refractivity (Wildman–Crippen MR) is 86.9 cm³/mol. The molecule has 4 heteroatoms. The monoisotopic (exact) mass is 294 g/mol. The number of nitrogens with zero attached hydrogens (tertiary/aromatic N) is 2. The van der Waals surface area contributed by atoms with Gasteiger partial charge in [0.15, 0.2) is 5.54 Å². The summed E-state index contributed by atoms with van der Waals surface area (Å²) in [6, 6.07) is 19.6. The van der Waals surface area contributed by atoms with Crippen LogP contribution in [0.25, 0.3) is 0 Å². The number of anilines is 1. The van der Waals surface area contributed by atoms with Crippen LogP contribution in [0.15, 0.2) is 65.8 Å². The maximum Gasteiger partial charge on any atom is 0.333 e. The molecule has 1 aliphatic rings. The summed E-state index contributed by atoms with van der Waals surface area (Å²) in [6.07, 6.45) is 0.512. The van der Waals surface area contributed by atoms with E-state index in [1.54, 1.807) is 5.01 Å². The van der Waals surface area contributed by atoms with Crippen LogP contribution in [0.5, 0.6) is 0 Å². The average molecular weight is 294 g/mol. The molecule has 1 aliphatic heterocycles. The molecule has 1 unspecified atom stereocenters. The Morgan fingerprint density at radius 1 is 1.09 bits per heavy atom. The van der Waals surface area contributed by atoms with Gasteiger partial charge in [0.1, 0.15) is 0 Å². The van der Waals surface area contributed by atoms with Crippen molar-refractivity contribution in [3.63, 3.8) is 0 Å². The largest absolute Gasteiger partial charge is 0.467 e. The number of hydrazone groups is 1. The first kappa shape index (κ1) is 14.3. The number of methoxy groups -OCH3 is 1. The highest BCUT2D eigenvalue weighted by Gasteiger charge is 2.47. The minimum atomic E-state index is -0.832. The highest BCUT2D eigenvalue weighted by Crippen LogP contribution is 2.35. The summed E-state index contributed by atoms with van der Waals surface area (Å²) < 4.78 is 5.02. The minimum absolute atomic E-state index is 0.286. The molecular weight excluding hydrogens is 276 g/mol. The molecule has 0 N–H and O–H groups in total. The van der Waals surface area contributed by atoms with Gasteiger partial charge in [-0.1, -0.05) is 48.5 Å². The van der Waals surface area contributed by atoms with Gasteiger partial charge in [-0.2, -0.15) is 5.10 Å². The summed E-state index contributed by atoms with van der Waals surface area (Å²) in [4.78, 5) is 12.4. The van der Waals surface area contributed by atoms with E-state index < -0.39 is 5.54 Å². The lowest BCUT2D eigenvalue weighted by Crippen LogP contribution is -2.48. The van der Waals surface area contributed by atoms with E-state index in [9.17, 15) is 4.79 Å². The van der Waals surface area contributed by atoms with Crippen molar-refractivity contribution in [3.05, 3.63) is 66.2 Å². The van der Waals surface area contributed by atoms with Crippen molar-refractivity contribution in [1.29, 1.82) is 0 Å². The first-order chi connectivity index (χ1) is 10.6. The molecule has 0 aliphatic carbocycles. The quantitative estimate of drug-likeness (QED) is 0.816. The number of rotatable bonds is 3. The summed E-state index contributed by atoms with van der Waals surface area (Å²) in [6.45, 7) is 1.87. The van der Waals surface area contributed by atoms with Gasteiger partial charge in [0.2, 0.25) is 0 Å². The Hall–Kier alpha value is -2.62. The van der Waals surface area contributed by atoms with Crippen LogP contribution >= 0.6 is 0 Å². The fourth-order valence-electron chi connectivity index (χ4n) is 2.75. The van der Waals surface area contributed by atoms with Crippen molar-refractivity contribution in [3.8, 4) is 0 Å². The highest BCUT2D eigenvalue weighted by atomic mass is 16.5. The minimum Gasteiger partial charge on any atom is -0.467 e. The van der Waals surface area contributed by atoms with Gasteiger partial charge in [-0.3, -0.25) is 0 Å². The topological polar surface area (TPSA) is 41.9 Å². The average Bonchev–Trinajstić information content (AvgIpc) is 2.95. The first-order valence-corrected chi connectivity index (χ1v) is 7.22. The molecule has 2 aromatic rings. The zero-order valence-electron chi connectivity index (χ0n) is 12.7. The number of benzene rings is 2. The SMILES string of the molecule is COC(=O)C1(C)CC(c2ccccc2)=NN1c1ccccc1. The van der Waals surface area contributed by atoms with Crippen LogP contribution in [0.4, 0.5) is 5.69 Å². The molecule has 3 rings (SSSR count). The van der Waals surface area contributed by atoms with E-state index in [4.69, 9.17) is 9.84 Å². The molecule has 1 atom stereocenters. The maximum atomic E-state index is 12.4. The smallest absolute Gasteiger partial charge is 0.333 e. The van der Waals surface area contributed by atoms with Crippen LogP contribution in [-0.2, 0) is 9.53 Å². The third-order valence-corrected chi connectivity index (χ3v) is 3.93. The second-order valence-electron chi connectivity index (χ2n) is 5.50. The molecule has 0 amide bonds. The van der Waals surface area contributed by atoms with Gasteiger partial charge in [0.25, 0.3) is 0 Å². The molecule has 0 radical (unpaired) electrons. The zero-order chi connectivity index (χ0) is 15.6. The molecule has 4 nitrogen and oxygen atoms in total. The highest BCUT2D eigenvalue weighted by molar-refractivity contribution is 6.08. The Labute approximate surface area is 130 Å². The summed E-state index contributed by atoms with van der Waals surface area (Å²) in [7, 11) is 1.41. The third-order valence-electron chi connectivity index (χ3n) is 3.93. The molecule has 112 valence electrons. The fourth-order valence-corrected chi connectivity index (χ4v) is 2.75. The molecule has 0 bridgehead atoms. The number of hydrogen-bond acceptors (Lipinski definition) is 4. The maximum absolute atomic E-state index is 12.4. The second-order valence-corrected chi connectivity index (χ2v) is 5.50. The normalized spacial score (nSPS) is 20.6. The molecule has 0 spiro atoms. The van der Waals surface area contributed by atoms with Crippen LogP contribution in [0.2, 0.25) is 0 Å². The van der Waals surface area contributed by atoms with E-state index in [1.807, 2.05) is 67.6 Å². The first-order valence-electron chi connectivity index (χ1n) is 7.22. The van der Waals surface area contributed by atoms with Crippen molar-refractivity contribution in [1.82, 2.24) is 0 Å². The van der Waals surface area contributed by atoms with Crippen molar-refractivity contribution < 1.29 is 9.53 Å². The van der Waals surface area contributed by atoms with Crippen LogP contribution in [0, 0.1) is 0 Å². The Balaban J connectivity index is 2.05. The van der Waals surface area contributed by atoms with Crippen LogP contribution in [0.1, 0.15) is 18.9 Å². The van der Waals surface area contributed by atoms with Gasteiger partial charge in [-0.15, -0.1) is 0 Å². The molecule has 0 saturated heterocycles. The molecule has 1 heterocycles. The lowest BCUT2D eigenvalue weighted by atomic mass is 9.92. The second kappa shape index (κ2) is 5.64. The summed E-state index contributed by atoms with van der Waals surface area (Å²) in [5.41, 5.74) is 1.95. The van der Waals surface area contributed by atoms with Crippen molar-refractivity contribution in [2.75, 3.05) is 12.1 Å². The van der Waals surface area contributed by atoms with E-state index in [-0.39, 0.29) is 5.97 Å². The molecule has 0 saturated carbocycles. The van der Waals surface area contributed by atoms with Crippen molar-refractivity contribution in [2.45, 2.75) is 18.9 Å². The Morgan fingerprint density at radius 2 is 1.68 bits per heavy atom. The van der Waals surface area contributed by atoms with Gasteiger partial charge in [0.05, 0.1) is 18.5 Å². The number of ether oxygens (including phenoxy) is 1. The lowest BCUT2D eigenvalue weighted by Gasteiger charge is -2.31. The Kier molecular flexibility index (Phi) is 3.67. The van der Waals surface area contributed by atoms with E-state index in [2.05, 4.69) is 0 Å². The molecule has 2 aromatic carbocycles. The van der Waals surface area contributed by atoms with Crippen LogP contribution in [0.3, 0.4) is 0 Å². The van der Waals surface area contributed by atoms with Crippen LogP contribution < -0.4 is 5.01 Å². The summed E-state index contributed by atoms with van der Waals surface area (Å²) in [5.74, 6) is -0.286. The van der Waals surface area contributed by atoms with Crippen LogP contribution in [-0.4, -0.2) is 24.3 Å². The number of carbonyl (C=O) groups excluding carboxylic acids is 1. The number of hydrogen-bond donors (Lipinski definition) is 0. The lowest BCUT2D eigenvalue weighted by molar-refractivity contribution is -0.146. The number of carbonyl (C=O) groups is 1. The summed E-state index contributed by atoms with van der Waals surface area (Å²) in [5, 5.41) is 6.46. The van der Waals surface area contributed by atoms with Crippen molar-refractivity contribution >= 4 is 17.4 Å². The Bertz CT molecular complexity index is 698. The predicted octanol–water partition coefficient (Wildman–Crippen LogP) is 3.23. The Morgan fingerprint density at radius 3 is 2.27 bits per heavy atom. The van der Waals surface area contributed by atoms with Gasteiger partial charge < -0.3 is 4.74 Å². The number of esters is 1. The third kappa shape index (κ3) is 2.37. The van der Waals surface area contributed by atoms with Gasteiger partial charge >= 0.3 is 5.97 Å².